The van der Waals surface area contributed by atoms with Gasteiger partial charge in [0.15, 0.2) is 0 Å². The highest BCUT2D eigenvalue weighted by Gasteiger charge is 2.14. The molecule has 0 N–H and O–H groups in total. The maximum atomic E-state index is 11.7. The van der Waals surface area contributed by atoms with Crippen molar-refractivity contribution in [3.05, 3.63) is 35.4 Å². The summed E-state index contributed by atoms with van der Waals surface area (Å²) in [6, 6.07) is 7.49. The van der Waals surface area contributed by atoms with Gasteiger partial charge >= 0.3 is 5.97 Å². The van der Waals surface area contributed by atoms with Crippen molar-refractivity contribution in [2.75, 3.05) is 6.61 Å². The summed E-state index contributed by atoms with van der Waals surface area (Å²) in [5, 5.41) is 0. The number of ether oxygens (including phenoxy) is 1. The van der Waals surface area contributed by atoms with Crippen LogP contribution >= 0.6 is 0 Å². The topological polar surface area (TPSA) is 43.4 Å². The Morgan fingerprint density at radius 1 is 1.35 bits per heavy atom. The predicted molar refractivity (Wildman–Crippen MR) is 70.3 cm³/mol. The number of hydrogen-bond acceptors (Lipinski definition) is 3. The number of hydrogen-bond donors (Lipinski definition) is 0. The lowest BCUT2D eigenvalue weighted by Crippen LogP contribution is -2.22. The van der Waals surface area contributed by atoms with E-state index in [1.165, 1.54) is 0 Å². The van der Waals surface area contributed by atoms with Crippen LogP contribution in [0.25, 0.3) is 0 Å². The molecular formula is C13H18O3Si. The Morgan fingerprint density at radius 3 is 2.65 bits per heavy atom. The Hall–Kier alpha value is -1.42. The minimum atomic E-state index is -1.18. The minimum Gasteiger partial charge on any atom is -0.462 e. The molecule has 0 bridgehead atoms. The lowest BCUT2D eigenvalue weighted by molar-refractivity contribution is 0.0525. The van der Waals surface area contributed by atoms with Crippen LogP contribution in [0.2, 0.25) is 25.7 Å². The van der Waals surface area contributed by atoms with Crippen molar-refractivity contribution in [2.24, 2.45) is 0 Å². The van der Waals surface area contributed by atoms with E-state index in [-0.39, 0.29) is 5.97 Å². The summed E-state index contributed by atoms with van der Waals surface area (Å²) < 4.78 is 5.18. The van der Waals surface area contributed by atoms with Crippen molar-refractivity contribution < 1.29 is 14.3 Å². The van der Waals surface area contributed by atoms with Gasteiger partial charge in [0.05, 0.1) is 12.2 Å². The van der Waals surface area contributed by atoms with E-state index in [1.807, 2.05) is 0 Å². The summed E-state index contributed by atoms with van der Waals surface area (Å²) in [5.41, 5.74) is 0.926. The van der Waals surface area contributed by atoms with E-state index in [2.05, 4.69) is 19.6 Å². The Morgan fingerprint density at radius 2 is 2.06 bits per heavy atom. The van der Waals surface area contributed by atoms with Crippen LogP contribution in [-0.2, 0) is 4.74 Å². The molecule has 4 heteroatoms. The Kier molecular flexibility index (Phi) is 4.63. The van der Waals surface area contributed by atoms with E-state index in [9.17, 15) is 9.59 Å². The normalized spacial score (nSPS) is 11.0. The van der Waals surface area contributed by atoms with Crippen LogP contribution in [-0.4, -0.2) is 26.9 Å². The molecule has 17 heavy (non-hydrogen) atoms. The SMILES string of the molecule is C[Si](C)(C)CCOC(=O)c1cccc(C=O)c1. The second-order valence-electron chi connectivity index (χ2n) is 5.19. The molecule has 0 aliphatic heterocycles. The quantitative estimate of drug-likeness (QED) is 0.458. The summed E-state index contributed by atoms with van der Waals surface area (Å²) in [6.45, 7) is 7.15. The van der Waals surface area contributed by atoms with Crippen LogP contribution in [0.3, 0.4) is 0 Å². The summed E-state index contributed by atoms with van der Waals surface area (Å²) >= 11 is 0. The van der Waals surface area contributed by atoms with Crippen LogP contribution in [0.15, 0.2) is 24.3 Å². The fourth-order valence-corrected chi connectivity index (χ4v) is 1.99. The highest BCUT2D eigenvalue weighted by atomic mass is 28.3. The van der Waals surface area contributed by atoms with Crippen molar-refractivity contribution in [3.8, 4) is 0 Å². The highest BCUT2D eigenvalue weighted by Crippen LogP contribution is 2.10. The molecule has 0 aliphatic carbocycles. The Balaban J connectivity index is 2.55. The van der Waals surface area contributed by atoms with Crippen molar-refractivity contribution >= 4 is 20.3 Å². The van der Waals surface area contributed by atoms with E-state index in [0.29, 0.717) is 17.7 Å². The molecular weight excluding hydrogens is 232 g/mol. The molecule has 0 heterocycles. The van der Waals surface area contributed by atoms with Gasteiger partial charge < -0.3 is 4.74 Å². The number of rotatable bonds is 5. The average molecular weight is 250 g/mol. The maximum Gasteiger partial charge on any atom is 0.338 e. The van der Waals surface area contributed by atoms with E-state index in [1.54, 1.807) is 24.3 Å². The van der Waals surface area contributed by atoms with E-state index in [4.69, 9.17) is 4.74 Å². The van der Waals surface area contributed by atoms with Crippen molar-refractivity contribution in [2.45, 2.75) is 25.7 Å². The predicted octanol–water partition coefficient (Wildman–Crippen LogP) is 2.99. The van der Waals surface area contributed by atoms with Gasteiger partial charge in [-0.2, -0.15) is 0 Å². The molecule has 0 saturated heterocycles. The number of aldehydes is 1. The summed E-state index contributed by atoms with van der Waals surface area (Å²) in [4.78, 5) is 22.3. The molecule has 0 fully saturated rings. The number of carbonyl (C=O) groups excluding carboxylic acids is 2. The molecule has 0 radical (unpaired) electrons. The first-order valence-corrected chi connectivity index (χ1v) is 9.35. The second kappa shape index (κ2) is 5.77. The first-order chi connectivity index (χ1) is 7.92. The fourth-order valence-electron chi connectivity index (χ4n) is 1.27. The number of carbonyl (C=O) groups is 2. The molecule has 3 nitrogen and oxygen atoms in total. The van der Waals surface area contributed by atoms with Gasteiger partial charge in [-0.1, -0.05) is 31.8 Å². The molecule has 1 aromatic rings. The van der Waals surface area contributed by atoms with E-state index in [0.717, 1.165) is 12.3 Å². The van der Waals surface area contributed by atoms with E-state index >= 15 is 0 Å². The summed E-state index contributed by atoms with van der Waals surface area (Å²) in [6.07, 6.45) is 0.721. The number of benzene rings is 1. The van der Waals surface area contributed by atoms with Crippen LogP contribution in [0.5, 0.6) is 0 Å². The van der Waals surface area contributed by atoms with Gasteiger partial charge in [0.1, 0.15) is 6.29 Å². The second-order valence-corrected chi connectivity index (χ2v) is 10.8. The number of esters is 1. The van der Waals surface area contributed by atoms with E-state index < -0.39 is 8.07 Å². The maximum absolute atomic E-state index is 11.7. The van der Waals surface area contributed by atoms with Gasteiger partial charge in [0.25, 0.3) is 0 Å². The van der Waals surface area contributed by atoms with Crippen molar-refractivity contribution in [1.82, 2.24) is 0 Å². The highest BCUT2D eigenvalue weighted by molar-refractivity contribution is 6.76. The van der Waals surface area contributed by atoms with Gasteiger partial charge in [0, 0.05) is 13.6 Å². The molecule has 0 aliphatic rings. The smallest absolute Gasteiger partial charge is 0.338 e. The molecule has 0 amide bonds. The molecule has 1 aromatic carbocycles. The largest absolute Gasteiger partial charge is 0.462 e. The van der Waals surface area contributed by atoms with Crippen LogP contribution in [0.4, 0.5) is 0 Å². The van der Waals surface area contributed by atoms with Gasteiger partial charge in [-0.25, -0.2) is 4.79 Å². The molecule has 92 valence electrons. The van der Waals surface area contributed by atoms with Crippen molar-refractivity contribution in [3.63, 3.8) is 0 Å². The minimum absolute atomic E-state index is 0.355. The van der Waals surface area contributed by atoms with Crippen LogP contribution in [0, 0.1) is 0 Å². The third-order valence-corrected chi connectivity index (χ3v) is 4.05. The molecule has 0 spiro atoms. The molecule has 0 atom stereocenters. The summed E-state index contributed by atoms with van der Waals surface area (Å²) in [5.74, 6) is -0.355. The molecule has 1 rings (SSSR count). The molecule has 0 saturated carbocycles. The third-order valence-electron chi connectivity index (χ3n) is 2.34. The van der Waals surface area contributed by atoms with Crippen LogP contribution < -0.4 is 0 Å². The fraction of sp³-hybridized carbons (Fsp3) is 0.385. The molecule has 0 aromatic heterocycles. The standard InChI is InChI=1S/C13H18O3Si/c1-17(2,3)8-7-16-13(15)12-6-4-5-11(9-12)10-14/h4-6,9-10H,7-8H2,1-3H3. The Bertz CT molecular complexity index is 407. The zero-order chi connectivity index (χ0) is 12.9. The zero-order valence-corrected chi connectivity index (χ0v) is 11.5. The third kappa shape index (κ3) is 4.95. The van der Waals surface area contributed by atoms with Crippen molar-refractivity contribution in [1.29, 1.82) is 0 Å². The molecule has 0 unspecified atom stereocenters. The lowest BCUT2D eigenvalue weighted by Gasteiger charge is -2.15. The monoisotopic (exact) mass is 250 g/mol. The van der Waals surface area contributed by atoms with Gasteiger partial charge in [-0.05, 0) is 18.2 Å². The zero-order valence-electron chi connectivity index (χ0n) is 10.5. The first-order valence-electron chi connectivity index (χ1n) is 5.65. The van der Waals surface area contributed by atoms with Gasteiger partial charge in [-0.3, -0.25) is 4.79 Å². The Labute approximate surface area is 103 Å². The lowest BCUT2D eigenvalue weighted by atomic mass is 10.1. The van der Waals surface area contributed by atoms with Gasteiger partial charge in [0.2, 0.25) is 0 Å². The van der Waals surface area contributed by atoms with Crippen LogP contribution in [0.1, 0.15) is 20.7 Å². The first kappa shape index (κ1) is 13.6. The van der Waals surface area contributed by atoms with Gasteiger partial charge in [-0.15, -0.1) is 0 Å². The summed E-state index contributed by atoms with van der Waals surface area (Å²) in [7, 11) is -1.18. The average Bonchev–Trinajstić information content (AvgIpc) is 2.27.